The summed E-state index contributed by atoms with van der Waals surface area (Å²) in [5.74, 6) is 5.95. The highest BCUT2D eigenvalue weighted by molar-refractivity contribution is 6.89. The van der Waals surface area contributed by atoms with E-state index in [0.717, 1.165) is 35.5 Å². The van der Waals surface area contributed by atoms with Crippen LogP contribution in [0.5, 0.6) is 0 Å². The van der Waals surface area contributed by atoms with E-state index in [9.17, 15) is 0 Å². The average molecular weight is 403 g/mol. The molecule has 0 spiro atoms. The van der Waals surface area contributed by atoms with Crippen LogP contribution in [0.25, 0.3) is 0 Å². The molecule has 27 heavy (non-hydrogen) atoms. The Kier molecular flexibility index (Phi) is 5.94. The minimum Gasteiger partial charge on any atom is -0.449 e. The molecule has 0 bridgehead atoms. The maximum absolute atomic E-state index is 6.84. The zero-order valence-corrected chi connectivity index (χ0v) is 20.3. The van der Waals surface area contributed by atoms with Crippen LogP contribution < -0.4 is 0 Å². The molecular weight excluding hydrogens is 360 g/mol. The fraction of sp³-hybridized carbons (Fsp3) is 0.833. The molecule has 0 aromatic heterocycles. The molecule has 4 aliphatic carbocycles. The number of allylic oxidation sites excluding steroid dienone is 2. The summed E-state index contributed by atoms with van der Waals surface area (Å²) in [6.45, 7) is 9.61. The molecule has 0 aliphatic heterocycles. The Bertz CT molecular complexity index is 529. The molecule has 1 nitrogen and oxygen atoms in total. The predicted octanol–water partition coefficient (Wildman–Crippen LogP) is 7.26. The van der Waals surface area contributed by atoms with Gasteiger partial charge in [-0.15, -0.1) is 0 Å². The summed E-state index contributed by atoms with van der Waals surface area (Å²) >= 11 is 0. The van der Waals surface area contributed by atoms with Crippen LogP contribution in [0.4, 0.5) is 0 Å². The third-order valence-electron chi connectivity index (χ3n) is 8.24. The minimum atomic E-state index is -1.71. The summed E-state index contributed by atoms with van der Waals surface area (Å²) in [5.41, 5.74) is 5.05. The maximum Gasteiger partial charge on any atom is 0.198 e. The van der Waals surface area contributed by atoms with Gasteiger partial charge in [-0.25, -0.2) is 0 Å². The Morgan fingerprint density at radius 2 is 0.926 bits per heavy atom. The van der Waals surface area contributed by atoms with E-state index in [1.54, 1.807) is 0 Å². The standard InChI is InChI=1S/C24H42OSi2/c1-26(2,15-13-19-5-7-21-9-11-23(21)17-19)25-27(3,4)16-14-20-6-8-22-10-12-24(22)18-20/h13-16,19-24H,5-12,17-18H2,1-4H3/b15-13+,16-14+. The van der Waals surface area contributed by atoms with Gasteiger partial charge in [0.1, 0.15) is 0 Å². The lowest BCUT2D eigenvalue weighted by Crippen LogP contribution is -2.42. The molecule has 0 heterocycles. The van der Waals surface area contributed by atoms with Crippen LogP contribution in [-0.2, 0) is 4.12 Å². The van der Waals surface area contributed by atoms with Gasteiger partial charge in [0.05, 0.1) is 0 Å². The molecule has 0 saturated heterocycles. The van der Waals surface area contributed by atoms with E-state index in [0.29, 0.717) is 0 Å². The second kappa shape index (κ2) is 7.95. The van der Waals surface area contributed by atoms with Crippen molar-refractivity contribution >= 4 is 16.6 Å². The normalized spacial score (nSPS) is 39.7. The van der Waals surface area contributed by atoms with E-state index in [4.69, 9.17) is 4.12 Å². The van der Waals surface area contributed by atoms with Crippen molar-refractivity contribution < 1.29 is 4.12 Å². The number of hydrogen-bond acceptors (Lipinski definition) is 1. The van der Waals surface area contributed by atoms with Crippen LogP contribution in [0.3, 0.4) is 0 Å². The van der Waals surface area contributed by atoms with E-state index in [2.05, 4.69) is 49.7 Å². The van der Waals surface area contributed by atoms with Crippen molar-refractivity contribution in [1.29, 1.82) is 0 Å². The van der Waals surface area contributed by atoms with Crippen LogP contribution in [0.2, 0.25) is 26.2 Å². The maximum atomic E-state index is 6.84. The molecule has 4 saturated carbocycles. The fourth-order valence-corrected chi connectivity index (χ4v) is 13.8. The van der Waals surface area contributed by atoms with Gasteiger partial charge in [0.2, 0.25) is 0 Å². The largest absolute Gasteiger partial charge is 0.449 e. The molecule has 3 heteroatoms. The third-order valence-corrected chi connectivity index (χ3v) is 14.4. The fourth-order valence-electron chi connectivity index (χ4n) is 6.36. The van der Waals surface area contributed by atoms with E-state index in [1.165, 1.54) is 64.2 Å². The quantitative estimate of drug-likeness (QED) is 0.425. The van der Waals surface area contributed by atoms with Crippen molar-refractivity contribution in [3.8, 4) is 0 Å². The molecular formula is C24H42OSi2. The average Bonchev–Trinajstić information content (AvgIpc) is 2.54. The van der Waals surface area contributed by atoms with E-state index < -0.39 is 16.6 Å². The molecule has 0 N–H and O–H groups in total. The molecule has 6 atom stereocenters. The monoisotopic (exact) mass is 402 g/mol. The Balaban J connectivity index is 1.27. The first-order valence-corrected chi connectivity index (χ1v) is 17.9. The van der Waals surface area contributed by atoms with Crippen molar-refractivity contribution in [3.63, 3.8) is 0 Å². The van der Waals surface area contributed by atoms with E-state index in [1.807, 2.05) is 0 Å². The lowest BCUT2D eigenvalue weighted by Gasteiger charge is -2.43. The number of hydrogen-bond donors (Lipinski definition) is 0. The lowest BCUT2D eigenvalue weighted by molar-refractivity contribution is 0.0939. The minimum absolute atomic E-state index is 0.833. The summed E-state index contributed by atoms with van der Waals surface area (Å²) < 4.78 is 6.84. The highest BCUT2D eigenvalue weighted by Crippen LogP contribution is 2.48. The van der Waals surface area contributed by atoms with Gasteiger partial charge in [0.15, 0.2) is 16.6 Å². The summed E-state index contributed by atoms with van der Waals surface area (Å²) in [6.07, 6.45) is 19.9. The Morgan fingerprint density at radius 3 is 1.26 bits per heavy atom. The van der Waals surface area contributed by atoms with Crippen LogP contribution in [0.15, 0.2) is 23.6 Å². The van der Waals surface area contributed by atoms with Gasteiger partial charge in [-0.1, -0.05) is 23.6 Å². The topological polar surface area (TPSA) is 9.23 Å². The van der Waals surface area contributed by atoms with Gasteiger partial charge in [-0.05, 0) is 126 Å². The van der Waals surface area contributed by atoms with Gasteiger partial charge < -0.3 is 4.12 Å². The third kappa shape index (κ3) is 5.08. The van der Waals surface area contributed by atoms with Crippen molar-refractivity contribution in [1.82, 2.24) is 0 Å². The molecule has 4 fully saturated rings. The second-order valence-corrected chi connectivity index (χ2v) is 19.3. The summed E-state index contributed by atoms with van der Waals surface area (Å²) in [6, 6.07) is 0. The Labute approximate surface area is 170 Å². The number of fused-ring (bicyclic) bond motifs is 2. The van der Waals surface area contributed by atoms with Gasteiger partial charge in [-0.2, -0.15) is 0 Å². The summed E-state index contributed by atoms with van der Waals surface area (Å²) in [5, 5.41) is 0. The first-order valence-electron chi connectivity index (χ1n) is 11.9. The van der Waals surface area contributed by atoms with Gasteiger partial charge in [-0.3, -0.25) is 0 Å². The predicted molar refractivity (Wildman–Crippen MR) is 121 cm³/mol. The zero-order valence-electron chi connectivity index (χ0n) is 18.3. The molecule has 4 rings (SSSR count). The molecule has 0 aromatic carbocycles. The Hall–Kier alpha value is -0.126. The van der Waals surface area contributed by atoms with E-state index >= 15 is 0 Å². The molecule has 152 valence electrons. The Morgan fingerprint density at radius 1 is 0.556 bits per heavy atom. The van der Waals surface area contributed by atoms with Crippen LogP contribution in [0.1, 0.15) is 64.2 Å². The highest BCUT2D eigenvalue weighted by Gasteiger charge is 2.37. The SMILES string of the molecule is C[Si](C)(/C=C/C1CCC2CCC2C1)O[Si](C)(C)/C=C/C1CCC2CCC2C1. The first-order chi connectivity index (χ1) is 12.8. The molecule has 0 amide bonds. The zero-order chi connectivity index (χ0) is 19.1. The molecule has 0 radical (unpaired) electrons. The molecule has 6 unspecified atom stereocenters. The van der Waals surface area contributed by atoms with Gasteiger partial charge in [0, 0.05) is 0 Å². The lowest BCUT2D eigenvalue weighted by atomic mass is 9.63. The van der Waals surface area contributed by atoms with Crippen LogP contribution in [0, 0.1) is 35.5 Å². The van der Waals surface area contributed by atoms with Gasteiger partial charge in [0.25, 0.3) is 0 Å². The highest BCUT2D eigenvalue weighted by atomic mass is 28.4. The van der Waals surface area contributed by atoms with Crippen molar-refractivity contribution in [2.75, 3.05) is 0 Å². The molecule has 4 aliphatic rings. The van der Waals surface area contributed by atoms with Crippen LogP contribution in [-0.4, -0.2) is 16.6 Å². The van der Waals surface area contributed by atoms with E-state index in [-0.39, 0.29) is 0 Å². The first kappa shape index (κ1) is 20.2. The van der Waals surface area contributed by atoms with Crippen molar-refractivity contribution in [3.05, 3.63) is 23.6 Å². The van der Waals surface area contributed by atoms with Crippen molar-refractivity contribution in [2.45, 2.75) is 90.4 Å². The molecule has 0 aromatic rings. The van der Waals surface area contributed by atoms with Crippen molar-refractivity contribution in [2.24, 2.45) is 35.5 Å². The number of rotatable bonds is 6. The summed E-state index contributed by atoms with van der Waals surface area (Å²) in [4.78, 5) is 0. The van der Waals surface area contributed by atoms with Crippen LogP contribution >= 0.6 is 0 Å². The second-order valence-electron chi connectivity index (χ2n) is 11.4. The summed E-state index contributed by atoms with van der Waals surface area (Å²) in [7, 11) is -3.43. The van der Waals surface area contributed by atoms with Gasteiger partial charge >= 0.3 is 0 Å². The smallest absolute Gasteiger partial charge is 0.198 e.